The van der Waals surface area contributed by atoms with Gasteiger partial charge in [0.25, 0.3) is 0 Å². The third-order valence-electron chi connectivity index (χ3n) is 11.4. The van der Waals surface area contributed by atoms with Crippen molar-refractivity contribution in [2.75, 3.05) is 6.61 Å². The Morgan fingerprint density at radius 1 is 0.852 bits per heavy atom. The number of nitrogens with one attached hydrogen (secondary N) is 1. The number of nitrogens with zero attached hydrogens (tertiary/aromatic N) is 2. The molecule has 308 valence electrons. The van der Waals surface area contributed by atoms with Crippen LogP contribution in [-0.2, 0) is 35.6 Å². The molecule has 9 nitrogen and oxygen atoms in total. The molecule has 6 aromatic rings. The highest BCUT2D eigenvalue weighted by Gasteiger charge is 2.39. The number of benzene rings is 6. The van der Waals surface area contributed by atoms with Crippen molar-refractivity contribution in [2.45, 2.75) is 63.6 Å². The van der Waals surface area contributed by atoms with E-state index in [2.05, 4.69) is 35.3 Å². The van der Waals surface area contributed by atoms with Crippen LogP contribution in [0.3, 0.4) is 0 Å². The molecule has 0 fully saturated rings. The molecule has 2 N–H and O–H groups in total. The van der Waals surface area contributed by atoms with E-state index in [-0.39, 0.29) is 24.5 Å². The van der Waals surface area contributed by atoms with Gasteiger partial charge in [0, 0.05) is 19.0 Å². The standard InChI is InChI=1S/C50H43Cl2N3O6/c1-2-44(36-6-4-3-5-7-36)55-28-39-26-47-46(60-30-48(61-47)37-17-19-40(20-18-37)59-29-33-12-21-41(51)42(52)22-33)25-38(39)24-45(55)49(56)54-43(50(57)58)23-31-8-13-34(14-9-31)35-15-10-32(27-53)11-16-35/h3-22,25-26,43-45,48H,2,23-24,28-30H2,1H3,(H,54,56)(H,57,58). The van der Waals surface area contributed by atoms with Gasteiger partial charge in [-0.1, -0.05) is 115 Å². The topological polar surface area (TPSA) is 121 Å². The van der Waals surface area contributed by atoms with Crippen molar-refractivity contribution >= 4 is 35.1 Å². The summed E-state index contributed by atoms with van der Waals surface area (Å²) < 4.78 is 18.9. The summed E-state index contributed by atoms with van der Waals surface area (Å²) in [6, 6.07) is 42.3. The fraction of sp³-hybridized carbons (Fsp3) is 0.220. The van der Waals surface area contributed by atoms with E-state index in [0.29, 0.717) is 59.0 Å². The van der Waals surface area contributed by atoms with Crippen LogP contribution in [0.2, 0.25) is 10.0 Å². The van der Waals surface area contributed by atoms with E-state index in [1.54, 1.807) is 24.3 Å². The lowest BCUT2D eigenvalue weighted by atomic mass is 9.89. The lowest BCUT2D eigenvalue weighted by Gasteiger charge is -2.42. The van der Waals surface area contributed by atoms with Crippen LogP contribution >= 0.6 is 23.2 Å². The summed E-state index contributed by atoms with van der Waals surface area (Å²) in [7, 11) is 0. The van der Waals surface area contributed by atoms with Crippen molar-refractivity contribution in [3.05, 3.63) is 182 Å². The first-order valence-electron chi connectivity index (χ1n) is 20.2. The quantitative estimate of drug-likeness (QED) is 0.118. The highest BCUT2D eigenvalue weighted by atomic mass is 35.5. The zero-order chi connectivity index (χ0) is 42.5. The Morgan fingerprint density at radius 3 is 2.21 bits per heavy atom. The lowest BCUT2D eigenvalue weighted by molar-refractivity contribution is -0.143. The Morgan fingerprint density at radius 2 is 1.54 bits per heavy atom. The Hall–Kier alpha value is -6.31. The van der Waals surface area contributed by atoms with E-state index in [0.717, 1.165) is 50.9 Å². The molecule has 8 rings (SSSR count). The molecule has 0 spiro atoms. The summed E-state index contributed by atoms with van der Waals surface area (Å²) in [5, 5.41) is 23.4. The van der Waals surface area contributed by atoms with Gasteiger partial charge in [0.2, 0.25) is 5.91 Å². The van der Waals surface area contributed by atoms with E-state index < -0.39 is 18.1 Å². The molecule has 0 radical (unpaired) electrons. The van der Waals surface area contributed by atoms with Crippen LogP contribution in [0, 0.1) is 11.3 Å². The van der Waals surface area contributed by atoms with E-state index in [1.165, 1.54) is 0 Å². The minimum atomic E-state index is -1.14. The molecule has 0 saturated heterocycles. The summed E-state index contributed by atoms with van der Waals surface area (Å²) >= 11 is 12.2. The number of rotatable bonds is 13. The van der Waals surface area contributed by atoms with Crippen molar-refractivity contribution in [3.63, 3.8) is 0 Å². The number of ether oxygens (including phenoxy) is 3. The van der Waals surface area contributed by atoms with E-state index in [4.69, 9.17) is 42.7 Å². The number of halogens is 2. The van der Waals surface area contributed by atoms with Crippen LogP contribution < -0.4 is 19.5 Å². The number of hydrogen-bond donors (Lipinski definition) is 2. The second-order valence-electron chi connectivity index (χ2n) is 15.3. The lowest BCUT2D eigenvalue weighted by Crippen LogP contribution is -2.55. The summed E-state index contributed by atoms with van der Waals surface area (Å²) in [6.07, 6.45) is 0.861. The van der Waals surface area contributed by atoms with Crippen molar-refractivity contribution in [1.82, 2.24) is 10.2 Å². The summed E-state index contributed by atoms with van der Waals surface area (Å²) in [5.41, 5.74) is 8.13. The van der Waals surface area contributed by atoms with Gasteiger partial charge in [0.05, 0.1) is 27.7 Å². The van der Waals surface area contributed by atoms with E-state index in [9.17, 15) is 14.7 Å². The number of carbonyl (C=O) groups is 2. The number of carbonyl (C=O) groups excluding carboxylic acids is 1. The highest BCUT2D eigenvalue weighted by Crippen LogP contribution is 2.42. The fourth-order valence-electron chi connectivity index (χ4n) is 8.09. The van der Waals surface area contributed by atoms with Crippen LogP contribution in [0.25, 0.3) is 11.1 Å². The number of nitriles is 1. The first-order valence-corrected chi connectivity index (χ1v) is 21.0. The average molecular weight is 853 g/mol. The minimum absolute atomic E-state index is 0.110. The van der Waals surface area contributed by atoms with Crippen LogP contribution in [0.1, 0.15) is 64.4 Å². The van der Waals surface area contributed by atoms with Crippen molar-refractivity contribution in [1.29, 1.82) is 5.26 Å². The van der Waals surface area contributed by atoms with Crippen LogP contribution in [0.4, 0.5) is 0 Å². The van der Waals surface area contributed by atoms with E-state index in [1.807, 2.05) is 97.1 Å². The Labute approximate surface area is 365 Å². The molecule has 1 amide bonds. The second-order valence-corrected chi connectivity index (χ2v) is 16.1. The molecule has 2 aliphatic rings. The summed E-state index contributed by atoms with van der Waals surface area (Å²) in [4.78, 5) is 29.3. The number of hydrogen-bond acceptors (Lipinski definition) is 7. The van der Waals surface area contributed by atoms with Crippen molar-refractivity contribution in [2.24, 2.45) is 0 Å². The Bertz CT molecular complexity index is 2560. The number of carboxylic acid groups (broad SMARTS) is 1. The second kappa shape index (κ2) is 18.5. The molecule has 0 aromatic heterocycles. The van der Waals surface area contributed by atoms with Gasteiger partial charge in [0.15, 0.2) is 17.6 Å². The molecular formula is C50H43Cl2N3O6. The fourth-order valence-corrected chi connectivity index (χ4v) is 8.41. The maximum atomic E-state index is 14.4. The molecule has 2 heterocycles. The van der Waals surface area contributed by atoms with Gasteiger partial charge in [-0.25, -0.2) is 4.79 Å². The van der Waals surface area contributed by atoms with Crippen molar-refractivity contribution in [3.8, 4) is 34.4 Å². The monoisotopic (exact) mass is 851 g/mol. The van der Waals surface area contributed by atoms with Gasteiger partial charge < -0.3 is 24.6 Å². The highest BCUT2D eigenvalue weighted by molar-refractivity contribution is 6.42. The van der Waals surface area contributed by atoms with Gasteiger partial charge >= 0.3 is 5.97 Å². The third kappa shape index (κ3) is 9.53. The smallest absolute Gasteiger partial charge is 0.326 e. The summed E-state index contributed by atoms with van der Waals surface area (Å²) in [5.74, 6) is 0.477. The van der Waals surface area contributed by atoms with E-state index >= 15 is 0 Å². The zero-order valence-electron chi connectivity index (χ0n) is 33.4. The minimum Gasteiger partial charge on any atom is -0.489 e. The first kappa shape index (κ1) is 41.4. The van der Waals surface area contributed by atoms with Gasteiger partial charge in [-0.2, -0.15) is 5.26 Å². The van der Waals surface area contributed by atoms with Gasteiger partial charge in [-0.3, -0.25) is 9.69 Å². The molecule has 0 bridgehead atoms. The SMILES string of the molecule is CCC(c1ccccc1)N1Cc2cc3c(cc2CC1C(=O)NC(Cc1ccc(-c2ccc(C#N)cc2)cc1)C(=O)O)OCC(c1ccc(OCc2ccc(Cl)c(Cl)c2)cc1)O3. The van der Waals surface area contributed by atoms with Gasteiger partial charge in [-0.05, 0) is 106 Å². The predicted molar refractivity (Wildman–Crippen MR) is 235 cm³/mol. The molecule has 4 atom stereocenters. The molecule has 2 aliphatic heterocycles. The largest absolute Gasteiger partial charge is 0.489 e. The predicted octanol–water partition coefficient (Wildman–Crippen LogP) is 10.3. The Balaban J connectivity index is 0.987. The Kier molecular flexibility index (Phi) is 12.6. The molecule has 0 saturated carbocycles. The average Bonchev–Trinajstić information content (AvgIpc) is 3.29. The number of aliphatic carboxylic acids is 1. The molecular weight excluding hydrogens is 809 g/mol. The van der Waals surface area contributed by atoms with Gasteiger partial charge in [-0.15, -0.1) is 0 Å². The van der Waals surface area contributed by atoms with Crippen LogP contribution in [-0.4, -0.2) is 40.6 Å². The molecule has 6 aromatic carbocycles. The number of fused-ring (bicyclic) bond motifs is 2. The molecule has 61 heavy (non-hydrogen) atoms. The summed E-state index contributed by atoms with van der Waals surface area (Å²) in [6.45, 7) is 3.19. The normalized spacial score (nSPS) is 16.7. The van der Waals surface area contributed by atoms with Crippen LogP contribution in [0.5, 0.6) is 17.2 Å². The number of carboxylic acids is 1. The van der Waals surface area contributed by atoms with Crippen LogP contribution in [0.15, 0.2) is 133 Å². The van der Waals surface area contributed by atoms with Gasteiger partial charge in [0.1, 0.15) is 25.0 Å². The number of amides is 1. The molecule has 4 unspecified atom stereocenters. The maximum absolute atomic E-state index is 14.4. The molecule has 11 heteroatoms. The third-order valence-corrected chi connectivity index (χ3v) is 12.1. The molecule has 0 aliphatic carbocycles. The van der Waals surface area contributed by atoms with Crippen molar-refractivity contribution < 1.29 is 28.9 Å². The zero-order valence-corrected chi connectivity index (χ0v) is 34.9. The maximum Gasteiger partial charge on any atom is 0.326 e. The first-order chi connectivity index (χ1) is 29.6.